The largest absolute Gasteiger partial charge is 0.492 e. The molecular weight excluding hydrogens is 300 g/mol. The Morgan fingerprint density at radius 1 is 1.21 bits per heavy atom. The monoisotopic (exact) mass is 324 g/mol. The minimum absolute atomic E-state index is 0.541. The number of nitrogens with zero attached hydrogens (tertiary/aromatic N) is 3. The zero-order valence-electron chi connectivity index (χ0n) is 14.5. The number of rotatable bonds is 6. The number of anilines is 1. The van der Waals surface area contributed by atoms with Crippen molar-refractivity contribution in [3.63, 3.8) is 0 Å². The number of ether oxygens (including phenoxy) is 1. The molecule has 3 rings (SSSR count). The fourth-order valence-electron chi connectivity index (χ4n) is 2.73. The number of imidazole rings is 1. The SMILES string of the molecule is Cc1cnc2c(c1)nc(CC(C)C)n2CCOc1ccc(N)cc1. The van der Waals surface area contributed by atoms with Crippen LogP contribution in [0.15, 0.2) is 36.5 Å². The van der Waals surface area contributed by atoms with Gasteiger partial charge in [-0.1, -0.05) is 13.8 Å². The van der Waals surface area contributed by atoms with Gasteiger partial charge in [0.05, 0.1) is 6.54 Å². The summed E-state index contributed by atoms with van der Waals surface area (Å²) < 4.78 is 8.01. The summed E-state index contributed by atoms with van der Waals surface area (Å²) in [7, 11) is 0. The lowest BCUT2D eigenvalue weighted by atomic mass is 10.1. The molecule has 0 unspecified atom stereocenters. The summed E-state index contributed by atoms with van der Waals surface area (Å²) in [5.74, 6) is 2.43. The summed E-state index contributed by atoms with van der Waals surface area (Å²) >= 11 is 0. The van der Waals surface area contributed by atoms with E-state index in [-0.39, 0.29) is 0 Å². The van der Waals surface area contributed by atoms with Crippen LogP contribution in [0, 0.1) is 12.8 Å². The molecular formula is C19H24N4O. The van der Waals surface area contributed by atoms with Crippen LogP contribution in [0.25, 0.3) is 11.2 Å². The molecule has 2 N–H and O–H groups in total. The molecule has 0 aliphatic carbocycles. The number of hydrogen-bond donors (Lipinski definition) is 1. The molecule has 0 radical (unpaired) electrons. The van der Waals surface area contributed by atoms with E-state index in [0.717, 1.165) is 47.0 Å². The van der Waals surface area contributed by atoms with Crippen molar-refractivity contribution in [1.29, 1.82) is 0 Å². The van der Waals surface area contributed by atoms with Crippen LogP contribution in [-0.4, -0.2) is 21.1 Å². The van der Waals surface area contributed by atoms with Gasteiger partial charge in [-0.05, 0) is 48.7 Å². The molecule has 2 aromatic heterocycles. The second kappa shape index (κ2) is 6.91. The van der Waals surface area contributed by atoms with Gasteiger partial charge in [0.2, 0.25) is 0 Å². The number of fused-ring (bicyclic) bond motifs is 1. The van der Waals surface area contributed by atoms with Crippen LogP contribution in [0.5, 0.6) is 5.75 Å². The lowest BCUT2D eigenvalue weighted by Crippen LogP contribution is -2.13. The third-order valence-corrected chi connectivity index (χ3v) is 3.86. The van der Waals surface area contributed by atoms with Gasteiger partial charge < -0.3 is 15.0 Å². The van der Waals surface area contributed by atoms with Crippen LogP contribution in [0.1, 0.15) is 25.2 Å². The zero-order chi connectivity index (χ0) is 17.1. The van der Waals surface area contributed by atoms with Crippen LogP contribution < -0.4 is 10.5 Å². The zero-order valence-corrected chi connectivity index (χ0v) is 14.5. The Kier molecular flexibility index (Phi) is 4.69. The fraction of sp³-hybridized carbons (Fsp3) is 0.368. The van der Waals surface area contributed by atoms with Crippen molar-refractivity contribution < 1.29 is 4.74 Å². The van der Waals surface area contributed by atoms with E-state index in [0.29, 0.717) is 12.5 Å². The van der Waals surface area contributed by atoms with Gasteiger partial charge in [0.15, 0.2) is 5.65 Å². The van der Waals surface area contributed by atoms with E-state index in [4.69, 9.17) is 15.5 Å². The number of nitrogen functional groups attached to an aromatic ring is 1. The number of hydrogen-bond acceptors (Lipinski definition) is 4. The lowest BCUT2D eigenvalue weighted by molar-refractivity contribution is 0.297. The van der Waals surface area contributed by atoms with Gasteiger partial charge in [-0.3, -0.25) is 0 Å². The first-order valence-electron chi connectivity index (χ1n) is 8.33. The van der Waals surface area contributed by atoms with Gasteiger partial charge in [0.25, 0.3) is 0 Å². The van der Waals surface area contributed by atoms with Crippen molar-refractivity contribution in [2.75, 3.05) is 12.3 Å². The van der Waals surface area contributed by atoms with Gasteiger partial charge in [-0.15, -0.1) is 0 Å². The molecule has 0 spiro atoms. The second-order valence-electron chi connectivity index (χ2n) is 6.55. The van der Waals surface area contributed by atoms with Crippen LogP contribution in [0.2, 0.25) is 0 Å². The van der Waals surface area contributed by atoms with E-state index < -0.39 is 0 Å². The quantitative estimate of drug-likeness (QED) is 0.704. The van der Waals surface area contributed by atoms with Gasteiger partial charge in [-0.25, -0.2) is 9.97 Å². The topological polar surface area (TPSA) is 66.0 Å². The smallest absolute Gasteiger partial charge is 0.160 e. The molecule has 0 bridgehead atoms. The highest BCUT2D eigenvalue weighted by atomic mass is 16.5. The summed E-state index contributed by atoms with van der Waals surface area (Å²) in [4.78, 5) is 9.35. The molecule has 24 heavy (non-hydrogen) atoms. The molecule has 126 valence electrons. The summed E-state index contributed by atoms with van der Waals surface area (Å²) in [6.45, 7) is 7.73. The van der Waals surface area contributed by atoms with Crippen molar-refractivity contribution in [3.05, 3.63) is 47.9 Å². The summed E-state index contributed by atoms with van der Waals surface area (Å²) in [5.41, 5.74) is 9.45. The van der Waals surface area contributed by atoms with E-state index >= 15 is 0 Å². The molecule has 0 aliphatic rings. The van der Waals surface area contributed by atoms with E-state index in [9.17, 15) is 0 Å². The molecule has 3 aromatic rings. The first-order chi connectivity index (χ1) is 11.5. The van der Waals surface area contributed by atoms with E-state index in [1.165, 1.54) is 0 Å². The minimum atomic E-state index is 0.541. The Morgan fingerprint density at radius 3 is 2.67 bits per heavy atom. The Balaban J connectivity index is 1.79. The molecule has 5 heteroatoms. The number of nitrogens with two attached hydrogens (primary N) is 1. The normalized spacial score (nSPS) is 11.3. The molecule has 5 nitrogen and oxygen atoms in total. The van der Waals surface area contributed by atoms with Crippen molar-refractivity contribution in [3.8, 4) is 5.75 Å². The average Bonchev–Trinajstić information content (AvgIpc) is 2.85. The molecule has 0 fully saturated rings. The maximum absolute atomic E-state index is 5.83. The fourth-order valence-corrected chi connectivity index (χ4v) is 2.73. The minimum Gasteiger partial charge on any atom is -0.492 e. The van der Waals surface area contributed by atoms with Crippen molar-refractivity contribution >= 4 is 16.9 Å². The third kappa shape index (κ3) is 3.67. The Labute approximate surface area is 142 Å². The van der Waals surface area contributed by atoms with E-state index in [1.54, 1.807) is 0 Å². The first kappa shape index (κ1) is 16.3. The molecule has 0 saturated carbocycles. The summed E-state index contributed by atoms with van der Waals surface area (Å²) in [5, 5.41) is 0. The van der Waals surface area contributed by atoms with E-state index in [2.05, 4.69) is 29.5 Å². The van der Waals surface area contributed by atoms with Crippen LogP contribution >= 0.6 is 0 Å². The Morgan fingerprint density at radius 2 is 1.96 bits per heavy atom. The van der Waals surface area contributed by atoms with Gasteiger partial charge in [-0.2, -0.15) is 0 Å². The number of aromatic nitrogens is 3. The van der Waals surface area contributed by atoms with Crippen LogP contribution in [-0.2, 0) is 13.0 Å². The predicted octanol–water partition coefficient (Wildman–Crippen LogP) is 3.60. The standard InChI is InChI=1S/C19H24N4O/c1-13(2)10-18-22-17-11-14(3)12-21-19(17)23(18)8-9-24-16-6-4-15(20)5-7-16/h4-7,11-13H,8-10,20H2,1-3H3. The highest BCUT2D eigenvalue weighted by molar-refractivity contribution is 5.72. The number of pyridine rings is 1. The van der Waals surface area contributed by atoms with Crippen LogP contribution in [0.3, 0.4) is 0 Å². The van der Waals surface area contributed by atoms with Crippen molar-refractivity contribution in [1.82, 2.24) is 14.5 Å². The molecule has 0 aliphatic heterocycles. The molecule has 0 atom stereocenters. The second-order valence-corrected chi connectivity index (χ2v) is 6.55. The molecule has 0 amide bonds. The predicted molar refractivity (Wildman–Crippen MR) is 97.2 cm³/mol. The maximum Gasteiger partial charge on any atom is 0.160 e. The summed E-state index contributed by atoms with van der Waals surface area (Å²) in [6, 6.07) is 9.55. The van der Waals surface area contributed by atoms with Gasteiger partial charge >= 0.3 is 0 Å². The molecule has 0 saturated heterocycles. The Hall–Kier alpha value is -2.56. The maximum atomic E-state index is 5.83. The van der Waals surface area contributed by atoms with Crippen molar-refractivity contribution in [2.45, 2.75) is 33.7 Å². The molecule has 1 aromatic carbocycles. The summed E-state index contributed by atoms with van der Waals surface area (Å²) in [6.07, 6.45) is 2.82. The first-order valence-corrected chi connectivity index (χ1v) is 8.33. The third-order valence-electron chi connectivity index (χ3n) is 3.86. The van der Waals surface area contributed by atoms with Crippen LogP contribution in [0.4, 0.5) is 5.69 Å². The highest BCUT2D eigenvalue weighted by Crippen LogP contribution is 2.18. The number of aryl methyl sites for hydroxylation is 1. The Bertz CT molecular complexity index is 821. The average molecular weight is 324 g/mol. The van der Waals surface area contributed by atoms with Gasteiger partial charge in [0, 0.05) is 18.3 Å². The van der Waals surface area contributed by atoms with Gasteiger partial charge in [0.1, 0.15) is 23.7 Å². The lowest BCUT2D eigenvalue weighted by Gasteiger charge is -2.11. The highest BCUT2D eigenvalue weighted by Gasteiger charge is 2.13. The molecule has 2 heterocycles. The van der Waals surface area contributed by atoms with Crippen molar-refractivity contribution in [2.24, 2.45) is 5.92 Å². The van der Waals surface area contributed by atoms with E-state index in [1.807, 2.05) is 37.4 Å². The number of benzene rings is 1.